The zero-order valence-corrected chi connectivity index (χ0v) is 26.7. The number of fused-ring (bicyclic) bond motifs is 1. The fourth-order valence-electron chi connectivity index (χ4n) is 5.74. The Labute approximate surface area is 252 Å². The van der Waals surface area contributed by atoms with Gasteiger partial charge in [-0.15, -0.1) is 0 Å². The molecular formula is C35H51N5O2. The maximum absolute atomic E-state index is 13.8. The Balaban J connectivity index is 1.62. The number of carbonyl (C=O) groups is 2. The van der Waals surface area contributed by atoms with Crippen molar-refractivity contribution >= 4 is 34.4 Å². The molecule has 42 heavy (non-hydrogen) atoms. The number of Topliss-reactive ketones (excluding diaryl/α,β-unsaturated/α-hetero) is 1. The molecule has 228 valence electrons. The Morgan fingerprint density at radius 1 is 0.952 bits per heavy atom. The van der Waals surface area contributed by atoms with Gasteiger partial charge in [0.1, 0.15) is 0 Å². The first kappa shape index (κ1) is 31.7. The fraction of sp³-hybridized carbons (Fsp3) is 0.571. The van der Waals surface area contributed by atoms with Crippen LogP contribution in [0.25, 0.3) is 11.0 Å². The van der Waals surface area contributed by atoms with Crippen LogP contribution in [-0.4, -0.2) is 63.3 Å². The number of imidazole rings is 1. The van der Waals surface area contributed by atoms with Crippen LogP contribution in [0, 0.1) is 11.8 Å². The maximum atomic E-state index is 13.8. The maximum Gasteiger partial charge on any atom is 0.253 e. The molecule has 1 saturated heterocycles. The monoisotopic (exact) mass is 573 g/mol. The Bertz CT molecular complexity index is 1320. The Morgan fingerprint density at radius 3 is 2.24 bits per heavy atom. The average Bonchev–Trinajstić information content (AvgIpc) is 3.29. The molecule has 1 amide bonds. The van der Waals surface area contributed by atoms with Crippen LogP contribution < -0.4 is 5.32 Å². The summed E-state index contributed by atoms with van der Waals surface area (Å²) in [7, 11) is 0. The lowest BCUT2D eigenvalue weighted by atomic mass is 10.0. The quantitative estimate of drug-likeness (QED) is 0.199. The predicted octanol–water partition coefficient (Wildman–Crippen LogP) is 7.78. The van der Waals surface area contributed by atoms with Gasteiger partial charge < -0.3 is 19.7 Å². The van der Waals surface area contributed by atoms with Crippen molar-refractivity contribution in [3.05, 3.63) is 53.6 Å². The van der Waals surface area contributed by atoms with Crippen LogP contribution in [0.2, 0.25) is 0 Å². The van der Waals surface area contributed by atoms with Crippen LogP contribution in [0.1, 0.15) is 101 Å². The van der Waals surface area contributed by atoms with E-state index < -0.39 is 0 Å². The molecule has 1 N–H and O–H groups in total. The minimum Gasteiger partial charge on any atom is -0.339 e. The van der Waals surface area contributed by atoms with Gasteiger partial charge in [0, 0.05) is 49.0 Å². The van der Waals surface area contributed by atoms with Crippen LogP contribution in [-0.2, 0) is 6.54 Å². The Hall–Kier alpha value is -3.19. The van der Waals surface area contributed by atoms with Gasteiger partial charge in [-0.1, -0.05) is 34.1 Å². The van der Waals surface area contributed by atoms with Crippen molar-refractivity contribution in [3.63, 3.8) is 0 Å². The molecule has 2 heterocycles. The minimum atomic E-state index is 0.0498. The van der Waals surface area contributed by atoms with Crippen molar-refractivity contribution in [1.82, 2.24) is 19.4 Å². The molecule has 2 aromatic carbocycles. The number of amides is 1. The van der Waals surface area contributed by atoms with E-state index in [1.165, 1.54) is 25.8 Å². The van der Waals surface area contributed by atoms with Crippen molar-refractivity contribution in [1.29, 1.82) is 0 Å². The number of ketones is 1. The zero-order chi connectivity index (χ0) is 30.2. The summed E-state index contributed by atoms with van der Waals surface area (Å²) < 4.78 is 2.23. The second-order valence-electron chi connectivity index (χ2n) is 12.9. The van der Waals surface area contributed by atoms with E-state index in [9.17, 15) is 9.59 Å². The molecule has 4 rings (SSSR count). The molecule has 1 aliphatic heterocycles. The van der Waals surface area contributed by atoms with E-state index in [4.69, 9.17) is 4.98 Å². The minimum absolute atomic E-state index is 0.0498. The van der Waals surface area contributed by atoms with Crippen LogP contribution in [0.4, 0.5) is 11.6 Å². The third-order valence-electron chi connectivity index (χ3n) is 8.55. The highest BCUT2D eigenvalue weighted by Crippen LogP contribution is 2.26. The number of carbonyl (C=O) groups excluding carboxylic acids is 2. The Morgan fingerprint density at radius 2 is 1.62 bits per heavy atom. The molecule has 0 aliphatic carbocycles. The summed E-state index contributed by atoms with van der Waals surface area (Å²) in [5.74, 6) is 2.00. The summed E-state index contributed by atoms with van der Waals surface area (Å²) in [6.45, 7) is 17.3. The lowest BCUT2D eigenvalue weighted by Crippen LogP contribution is -2.38. The van der Waals surface area contributed by atoms with Crippen molar-refractivity contribution < 1.29 is 9.59 Å². The standard InChI is InChI=1S/C35H51N5O2/c1-25(2)17-22-39(23-18-26(3)4)34(42)30-13-16-32-33(24-30)40(21-9-20-38-19-8-7-10-27(38)5)35(37-32)36-31-14-11-29(12-15-31)28(6)41/h11-16,24-27H,7-10,17-23H2,1-6H3,(H,36,37). The van der Waals surface area contributed by atoms with E-state index in [1.54, 1.807) is 6.92 Å². The van der Waals surface area contributed by atoms with E-state index in [0.717, 1.165) is 73.7 Å². The van der Waals surface area contributed by atoms with E-state index in [2.05, 4.69) is 49.4 Å². The first-order valence-electron chi connectivity index (χ1n) is 16.0. The van der Waals surface area contributed by atoms with Crippen LogP contribution in [0.5, 0.6) is 0 Å². The third kappa shape index (κ3) is 8.43. The molecule has 0 saturated carbocycles. The van der Waals surface area contributed by atoms with Crippen LogP contribution in [0.3, 0.4) is 0 Å². The summed E-state index contributed by atoms with van der Waals surface area (Å²) in [4.78, 5) is 35.2. The number of benzene rings is 2. The summed E-state index contributed by atoms with van der Waals surface area (Å²) in [6, 6.07) is 14.1. The van der Waals surface area contributed by atoms with Gasteiger partial charge in [0.05, 0.1) is 11.0 Å². The molecule has 0 bridgehead atoms. The van der Waals surface area contributed by atoms with Crippen molar-refractivity contribution in [2.24, 2.45) is 11.8 Å². The fourth-order valence-corrected chi connectivity index (χ4v) is 5.74. The van der Waals surface area contributed by atoms with Gasteiger partial charge in [-0.05, 0) is 107 Å². The van der Waals surface area contributed by atoms with Gasteiger partial charge >= 0.3 is 0 Å². The topological polar surface area (TPSA) is 70.5 Å². The summed E-state index contributed by atoms with van der Waals surface area (Å²) >= 11 is 0. The molecule has 0 spiro atoms. The zero-order valence-electron chi connectivity index (χ0n) is 26.7. The number of hydrogen-bond donors (Lipinski definition) is 1. The van der Waals surface area contributed by atoms with E-state index in [1.807, 2.05) is 47.4 Å². The number of piperidine rings is 1. The van der Waals surface area contributed by atoms with E-state index >= 15 is 0 Å². The first-order valence-corrected chi connectivity index (χ1v) is 16.0. The van der Waals surface area contributed by atoms with E-state index in [-0.39, 0.29) is 11.7 Å². The summed E-state index contributed by atoms with van der Waals surface area (Å²) in [6.07, 6.45) is 6.86. The number of likely N-dealkylation sites (tertiary alicyclic amines) is 1. The highest BCUT2D eigenvalue weighted by atomic mass is 16.2. The first-order chi connectivity index (χ1) is 20.1. The molecule has 3 aromatic rings. The number of aromatic nitrogens is 2. The number of nitrogens with one attached hydrogen (secondary N) is 1. The molecule has 0 radical (unpaired) electrons. The van der Waals surface area contributed by atoms with Crippen molar-refractivity contribution in [2.75, 3.05) is 31.5 Å². The second-order valence-corrected chi connectivity index (χ2v) is 12.9. The molecule has 1 unspecified atom stereocenters. The normalized spacial score (nSPS) is 16.0. The molecular weight excluding hydrogens is 522 g/mol. The smallest absolute Gasteiger partial charge is 0.253 e. The molecule has 1 aliphatic rings. The lowest BCUT2D eigenvalue weighted by molar-refractivity contribution is 0.0740. The molecule has 1 aromatic heterocycles. The third-order valence-corrected chi connectivity index (χ3v) is 8.55. The Kier molecular flexibility index (Phi) is 11.2. The molecule has 1 atom stereocenters. The molecule has 7 heteroatoms. The highest BCUT2D eigenvalue weighted by Gasteiger charge is 2.21. The van der Waals surface area contributed by atoms with E-state index in [0.29, 0.717) is 23.4 Å². The molecule has 1 fully saturated rings. The summed E-state index contributed by atoms with van der Waals surface area (Å²) in [5, 5.41) is 3.49. The predicted molar refractivity (Wildman–Crippen MR) is 174 cm³/mol. The largest absolute Gasteiger partial charge is 0.339 e. The van der Waals surface area contributed by atoms with Crippen molar-refractivity contribution in [2.45, 2.75) is 92.7 Å². The SMILES string of the molecule is CC(=O)c1ccc(Nc2nc3ccc(C(=O)N(CCC(C)C)CCC(C)C)cc3n2CCCN2CCCCC2C)cc1. The van der Waals surface area contributed by atoms with Gasteiger partial charge in [-0.3, -0.25) is 9.59 Å². The summed E-state index contributed by atoms with van der Waals surface area (Å²) in [5.41, 5.74) is 4.14. The number of aryl methyl sites for hydroxylation is 1. The van der Waals surface area contributed by atoms with Gasteiger partial charge in [0.25, 0.3) is 5.91 Å². The number of nitrogens with zero attached hydrogens (tertiary/aromatic N) is 4. The number of hydrogen-bond acceptors (Lipinski definition) is 5. The highest BCUT2D eigenvalue weighted by molar-refractivity contribution is 5.98. The average molecular weight is 574 g/mol. The second kappa shape index (κ2) is 14.8. The van der Waals surface area contributed by atoms with Gasteiger partial charge in [-0.25, -0.2) is 4.98 Å². The lowest BCUT2D eigenvalue weighted by Gasteiger charge is -2.33. The van der Waals surface area contributed by atoms with Crippen LogP contribution >= 0.6 is 0 Å². The number of anilines is 2. The number of rotatable bonds is 14. The van der Waals surface area contributed by atoms with Gasteiger partial charge in [-0.2, -0.15) is 0 Å². The van der Waals surface area contributed by atoms with Gasteiger partial charge in [0.15, 0.2) is 5.78 Å². The van der Waals surface area contributed by atoms with Gasteiger partial charge in [0.2, 0.25) is 5.95 Å². The molecule has 7 nitrogen and oxygen atoms in total. The van der Waals surface area contributed by atoms with Crippen molar-refractivity contribution in [3.8, 4) is 0 Å². The van der Waals surface area contributed by atoms with Crippen LogP contribution in [0.15, 0.2) is 42.5 Å².